The number of phenolic OH excluding ortho intramolecular Hbond substituents is 1. The monoisotopic (exact) mass is 921 g/mol. The van der Waals surface area contributed by atoms with Crippen LogP contribution in [0.2, 0.25) is 0 Å². The maximum Gasteiger partial charge on any atom is 0.309 e. The number of aliphatic hydroxyl groups excluding tert-OH is 2. The van der Waals surface area contributed by atoms with Crippen LogP contribution in [0.4, 0.5) is 5.82 Å². The first kappa shape index (κ1) is 48.8. The van der Waals surface area contributed by atoms with Gasteiger partial charge >= 0.3 is 5.97 Å². The molecule has 10 heteroatoms. The van der Waals surface area contributed by atoms with E-state index in [0.717, 1.165) is 60.1 Å². The van der Waals surface area contributed by atoms with E-state index in [1.54, 1.807) is 12.3 Å². The summed E-state index contributed by atoms with van der Waals surface area (Å²) in [5, 5.41) is 71.0. The number of hydrogen-bond acceptors (Lipinski definition) is 8. The summed E-state index contributed by atoms with van der Waals surface area (Å²) in [5.74, 6) is -2.53. The van der Waals surface area contributed by atoms with E-state index in [4.69, 9.17) is 5.73 Å². The lowest BCUT2D eigenvalue weighted by Crippen LogP contribution is -2.48. The van der Waals surface area contributed by atoms with Gasteiger partial charge in [0.1, 0.15) is 11.6 Å². The molecule has 3 aliphatic carbocycles. The molecule has 8 rings (SSSR count). The molecule has 0 bridgehead atoms. The molecule has 8 N–H and O–H groups in total. The molecule has 68 heavy (non-hydrogen) atoms. The smallest absolute Gasteiger partial charge is 0.309 e. The summed E-state index contributed by atoms with van der Waals surface area (Å²) in [5.41, 5.74) is 11.3. The number of nitrogens with zero attached hydrogens (tertiary/aromatic N) is 1. The van der Waals surface area contributed by atoms with Gasteiger partial charge < -0.3 is 41.4 Å². The number of benzene rings is 3. The number of nitrogen functional groups attached to an aromatic ring is 1. The lowest BCUT2D eigenvalue weighted by Gasteiger charge is -2.42. The highest BCUT2D eigenvalue weighted by Gasteiger charge is 2.56. The van der Waals surface area contributed by atoms with Crippen molar-refractivity contribution in [1.82, 2.24) is 9.97 Å². The summed E-state index contributed by atoms with van der Waals surface area (Å²) in [6.45, 7) is 2.20. The molecular formula is C58H70N3O7-. The summed E-state index contributed by atoms with van der Waals surface area (Å²) in [6, 6.07) is 28.5. The second-order valence-electron chi connectivity index (χ2n) is 20.2. The summed E-state index contributed by atoms with van der Waals surface area (Å²) < 4.78 is 0. The van der Waals surface area contributed by atoms with Gasteiger partial charge in [-0.15, -0.1) is 5.75 Å². The number of aromatic hydroxyl groups is 1. The maximum atomic E-state index is 13.7. The maximum absolute atomic E-state index is 13.7. The number of allylic oxidation sites excluding steroid dienone is 1. The van der Waals surface area contributed by atoms with Crippen LogP contribution >= 0.6 is 0 Å². The van der Waals surface area contributed by atoms with Crippen LogP contribution in [0.1, 0.15) is 106 Å². The predicted octanol–water partition coefficient (Wildman–Crippen LogP) is 10.2. The normalized spacial score (nSPS) is 25.3. The van der Waals surface area contributed by atoms with Crippen LogP contribution < -0.4 is 10.8 Å². The van der Waals surface area contributed by atoms with E-state index in [-0.39, 0.29) is 47.7 Å². The van der Waals surface area contributed by atoms with Crippen molar-refractivity contribution >= 4 is 11.8 Å². The first-order chi connectivity index (χ1) is 32.9. The van der Waals surface area contributed by atoms with Gasteiger partial charge in [0.15, 0.2) is 0 Å². The largest absolute Gasteiger partial charge is 0.872 e. The Morgan fingerprint density at radius 2 is 1.63 bits per heavy atom. The Labute approximate surface area is 401 Å². The van der Waals surface area contributed by atoms with Crippen LogP contribution in [-0.4, -0.2) is 59.3 Å². The number of aromatic amines is 1. The third-order valence-corrected chi connectivity index (χ3v) is 15.5. The van der Waals surface area contributed by atoms with E-state index >= 15 is 0 Å². The standard InChI is InChI=1S/C58H71N3O7/c1-2-3-7-14-38-21-22-41(52(63)29-38)19-12-6-13-20-47(57(66)67)56(65)42-23-24-51-43(27-39-25-26-60-54(59)30-39)31-44(58(51,68)36-42)32-45-33-48(40-17-10-5-11-18-40)55(61-45)50-34-46(62)35-53(64)49(50)28-37-15-8-4-9-16-37/h4-5,8-11,15-18,21-26,30,33-35,38,41-44,47,51-52,56,61-65,68H,2-3,6-7,12-14,19-20,27-29,31-32,36H2,1H3,(H2,59,60)(H,66,67)/p-1/t38-,41-,42-,43+,44+,47+,51+,52-,56-,58+/m1/s1. The molecule has 0 unspecified atom stereocenters. The lowest BCUT2D eigenvalue weighted by molar-refractivity contribution is -0.269. The molecule has 10 atom stereocenters. The number of aromatic nitrogens is 2. The van der Waals surface area contributed by atoms with Gasteiger partial charge in [0.2, 0.25) is 0 Å². The van der Waals surface area contributed by atoms with Crippen LogP contribution in [0.3, 0.4) is 0 Å². The number of carboxylic acids is 1. The van der Waals surface area contributed by atoms with Gasteiger partial charge in [-0.2, -0.15) is 0 Å². The molecule has 0 spiro atoms. The average Bonchev–Trinajstić information content (AvgIpc) is 3.86. The summed E-state index contributed by atoms with van der Waals surface area (Å²) >= 11 is 0. The Morgan fingerprint density at radius 3 is 2.37 bits per heavy atom. The van der Waals surface area contributed by atoms with Crippen molar-refractivity contribution in [2.24, 2.45) is 41.4 Å². The number of anilines is 1. The van der Waals surface area contributed by atoms with Crippen LogP contribution in [0.25, 0.3) is 22.4 Å². The Kier molecular flexibility index (Phi) is 15.9. The van der Waals surface area contributed by atoms with Gasteiger partial charge in [-0.3, -0.25) is 4.79 Å². The van der Waals surface area contributed by atoms with E-state index in [1.807, 2.05) is 84.9 Å². The molecule has 360 valence electrons. The number of hydrogen-bond donors (Lipinski definition) is 7. The average molecular weight is 921 g/mol. The first-order valence-corrected chi connectivity index (χ1v) is 25.1. The van der Waals surface area contributed by atoms with Crippen LogP contribution in [0, 0.1) is 41.4 Å². The van der Waals surface area contributed by atoms with Gasteiger partial charge in [0, 0.05) is 40.8 Å². The molecule has 0 aliphatic heterocycles. The molecule has 5 aromatic rings. The van der Waals surface area contributed by atoms with Gasteiger partial charge in [-0.05, 0) is 128 Å². The van der Waals surface area contributed by atoms with Crippen molar-refractivity contribution in [3.63, 3.8) is 0 Å². The third kappa shape index (κ3) is 11.4. The van der Waals surface area contributed by atoms with Crippen LogP contribution in [0.5, 0.6) is 11.5 Å². The first-order valence-electron chi connectivity index (χ1n) is 25.1. The zero-order valence-electron chi connectivity index (χ0n) is 39.4. The van der Waals surface area contributed by atoms with Crippen LogP contribution in [-0.2, 0) is 24.1 Å². The number of rotatable bonds is 21. The summed E-state index contributed by atoms with van der Waals surface area (Å²) in [7, 11) is 0. The zero-order valence-corrected chi connectivity index (χ0v) is 39.4. The Hall–Kier alpha value is -5.68. The quantitative estimate of drug-likeness (QED) is 0.0277. The van der Waals surface area contributed by atoms with E-state index in [2.05, 4.69) is 35.1 Å². The van der Waals surface area contributed by atoms with Gasteiger partial charge in [-0.1, -0.05) is 130 Å². The minimum Gasteiger partial charge on any atom is -0.872 e. The van der Waals surface area contributed by atoms with Crippen molar-refractivity contribution in [2.45, 2.75) is 121 Å². The fourth-order valence-corrected chi connectivity index (χ4v) is 12.0. The Bertz CT molecular complexity index is 2500. The number of carbonyl (C=O) groups is 1. The molecule has 0 radical (unpaired) electrons. The van der Waals surface area contributed by atoms with E-state index in [9.17, 15) is 35.4 Å². The van der Waals surface area contributed by atoms with Crippen LogP contribution in [0.15, 0.2) is 121 Å². The molecule has 10 nitrogen and oxygen atoms in total. The molecule has 3 aliphatic rings. The number of nitrogens with two attached hydrogens (primary N) is 1. The number of H-pyrrole nitrogens is 1. The number of aliphatic hydroxyl groups is 3. The number of carboxylic acid groups (broad SMARTS) is 1. The SMILES string of the molecule is CCCCC[C@@H]1C=C[C@@H](CCCCC[C@H](C(=O)O)[C@H](O)[C@@H]2C=C[C@H]3[C@@H](Cc4ccnc(N)c4)C[C@@H](Cc4cc(-c5ccccc5)c(-c5cc(O)cc([O-])c5Cc5ccccc5)[nH]4)[C@@]3(O)C2)[C@H](O)C1. The minimum absolute atomic E-state index is 0.0236. The highest BCUT2D eigenvalue weighted by molar-refractivity contribution is 5.85. The van der Waals surface area contributed by atoms with Gasteiger partial charge in [0.25, 0.3) is 0 Å². The van der Waals surface area contributed by atoms with E-state index < -0.39 is 29.5 Å². The Balaban J connectivity index is 1.02. The number of phenols is 1. The highest BCUT2D eigenvalue weighted by Crippen LogP contribution is 2.54. The number of fused-ring (bicyclic) bond motifs is 1. The van der Waals surface area contributed by atoms with Crippen molar-refractivity contribution in [3.05, 3.63) is 144 Å². The van der Waals surface area contributed by atoms with E-state index in [0.29, 0.717) is 67.1 Å². The fourth-order valence-electron chi connectivity index (χ4n) is 12.0. The minimum atomic E-state index is -1.28. The lowest BCUT2D eigenvalue weighted by atomic mass is 9.68. The fraction of sp³-hybridized carbons (Fsp3) is 0.448. The van der Waals surface area contributed by atoms with E-state index in [1.165, 1.54) is 25.3 Å². The molecule has 1 fully saturated rings. The number of aliphatic carboxylic acids is 1. The molecule has 3 aromatic carbocycles. The molecule has 2 heterocycles. The zero-order chi connectivity index (χ0) is 47.8. The predicted molar refractivity (Wildman–Crippen MR) is 266 cm³/mol. The molecular weight excluding hydrogens is 851 g/mol. The van der Waals surface area contributed by atoms with Crippen molar-refractivity contribution in [1.29, 1.82) is 0 Å². The highest BCUT2D eigenvalue weighted by atomic mass is 16.4. The van der Waals surface area contributed by atoms with Crippen molar-refractivity contribution in [2.75, 3.05) is 5.73 Å². The molecule has 1 saturated carbocycles. The van der Waals surface area contributed by atoms with Crippen molar-refractivity contribution in [3.8, 4) is 33.9 Å². The molecule has 2 aromatic heterocycles. The molecule has 0 amide bonds. The molecule has 0 saturated heterocycles. The third-order valence-electron chi connectivity index (χ3n) is 15.5. The second-order valence-corrected chi connectivity index (χ2v) is 20.2. The number of unbranched alkanes of at least 4 members (excludes halogenated alkanes) is 4. The Morgan fingerprint density at radius 1 is 0.868 bits per heavy atom. The van der Waals surface area contributed by atoms with Gasteiger partial charge in [0.05, 0.1) is 29.4 Å². The number of pyridine rings is 1. The summed E-state index contributed by atoms with van der Waals surface area (Å²) in [6.07, 6.45) is 20.0. The second kappa shape index (κ2) is 22.2. The van der Waals surface area contributed by atoms with Crippen molar-refractivity contribution < 1.29 is 35.4 Å². The summed E-state index contributed by atoms with van der Waals surface area (Å²) in [4.78, 5) is 20.7. The topological polar surface area (TPSA) is 196 Å². The number of nitrogens with one attached hydrogen (secondary N) is 1. The van der Waals surface area contributed by atoms with Gasteiger partial charge in [-0.25, -0.2) is 4.98 Å².